The van der Waals surface area contributed by atoms with Crippen LogP contribution in [0.15, 0.2) is 58.5 Å². The fourth-order valence-corrected chi connectivity index (χ4v) is 4.42. The van der Waals surface area contributed by atoms with Crippen molar-refractivity contribution < 1.29 is 24.5 Å². The molecule has 2 aromatic rings. The zero-order valence-electron chi connectivity index (χ0n) is 23.4. The highest BCUT2D eigenvalue weighted by atomic mass is 16.5. The number of aliphatic imine (C=N–C) groups is 2. The molecule has 0 aliphatic heterocycles. The lowest BCUT2D eigenvalue weighted by Crippen LogP contribution is -2.47. The lowest BCUT2D eigenvalue weighted by molar-refractivity contribution is -0.133. The number of unbranched alkanes of at least 4 members (excludes halogenated alkanes) is 6. The Morgan fingerprint density at radius 1 is 0.675 bits per heavy atom. The Morgan fingerprint density at radius 3 is 1.45 bits per heavy atom. The molecule has 0 spiro atoms. The Morgan fingerprint density at radius 2 is 1.07 bits per heavy atom. The molecule has 3 rings (SSSR count). The fourth-order valence-electron chi connectivity index (χ4n) is 4.42. The number of carbonyl (C=O) groups is 2. The lowest BCUT2D eigenvalue weighted by Gasteiger charge is -2.21. The standard InChI is InChI=1S/C31H42N4O5/c1-40-31-29(38)27(34-25-14-10-23(11-15-25)32-18-6-2-4-8-20-36)22-28(30(31)39)35-26-16-12-24(13-17-26)33-19-7-3-5-9-21-37/h10-17,31-33,36-37H,2-9,18-22H2,1H3. The van der Waals surface area contributed by atoms with E-state index in [2.05, 4.69) is 20.6 Å². The van der Waals surface area contributed by atoms with E-state index in [4.69, 9.17) is 14.9 Å². The summed E-state index contributed by atoms with van der Waals surface area (Å²) in [6.45, 7) is 2.17. The van der Waals surface area contributed by atoms with Crippen molar-refractivity contribution in [3.05, 3.63) is 48.5 Å². The van der Waals surface area contributed by atoms with E-state index < -0.39 is 17.7 Å². The highest BCUT2D eigenvalue weighted by Gasteiger charge is 2.39. The molecule has 0 aromatic heterocycles. The molecule has 0 amide bonds. The number of ketones is 2. The molecular formula is C31H42N4O5. The average Bonchev–Trinajstić information content (AvgIpc) is 2.97. The average molecular weight is 551 g/mol. The summed E-state index contributed by atoms with van der Waals surface area (Å²) < 4.78 is 5.24. The number of carbonyl (C=O) groups excluding carboxylic acids is 2. The molecule has 216 valence electrons. The van der Waals surface area contributed by atoms with Gasteiger partial charge in [-0.15, -0.1) is 0 Å². The van der Waals surface area contributed by atoms with Gasteiger partial charge in [-0.3, -0.25) is 9.59 Å². The number of benzene rings is 2. The Bertz CT molecular complexity index is 1040. The molecule has 0 radical (unpaired) electrons. The number of rotatable bonds is 17. The van der Waals surface area contributed by atoms with Crippen LogP contribution in [0.25, 0.3) is 0 Å². The molecule has 9 nitrogen and oxygen atoms in total. The van der Waals surface area contributed by atoms with Crippen LogP contribution in [0.2, 0.25) is 0 Å². The van der Waals surface area contributed by atoms with E-state index in [9.17, 15) is 9.59 Å². The third-order valence-corrected chi connectivity index (χ3v) is 6.71. The molecule has 40 heavy (non-hydrogen) atoms. The van der Waals surface area contributed by atoms with Gasteiger partial charge in [-0.25, -0.2) is 9.98 Å². The van der Waals surface area contributed by atoms with E-state index in [0.717, 1.165) is 75.8 Å². The first-order valence-electron chi connectivity index (χ1n) is 14.2. The number of nitrogens with one attached hydrogen (secondary N) is 2. The summed E-state index contributed by atoms with van der Waals surface area (Å²) in [7, 11) is 1.34. The number of anilines is 2. The second-order valence-electron chi connectivity index (χ2n) is 9.86. The van der Waals surface area contributed by atoms with E-state index in [1.807, 2.05) is 48.5 Å². The Labute approximate surface area is 236 Å². The topological polar surface area (TPSA) is 133 Å². The van der Waals surface area contributed by atoms with E-state index in [-0.39, 0.29) is 31.1 Å². The summed E-state index contributed by atoms with van der Waals surface area (Å²) in [5.74, 6) is -0.870. The molecule has 0 saturated heterocycles. The summed E-state index contributed by atoms with van der Waals surface area (Å²) >= 11 is 0. The first-order chi connectivity index (χ1) is 19.5. The van der Waals surface area contributed by atoms with Gasteiger partial charge in [-0.05, 0) is 74.2 Å². The fraction of sp³-hybridized carbons (Fsp3) is 0.484. The molecule has 1 fully saturated rings. The van der Waals surface area contributed by atoms with Crippen LogP contribution in [-0.2, 0) is 14.3 Å². The van der Waals surface area contributed by atoms with Crippen molar-refractivity contribution in [1.29, 1.82) is 0 Å². The molecule has 0 atom stereocenters. The lowest BCUT2D eigenvalue weighted by atomic mass is 9.90. The third-order valence-electron chi connectivity index (χ3n) is 6.71. The normalized spacial score (nSPS) is 17.5. The predicted octanol–water partition coefficient (Wildman–Crippen LogP) is 5.02. The Balaban J connectivity index is 1.62. The van der Waals surface area contributed by atoms with Crippen LogP contribution in [0.4, 0.5) is 22.7 Å². The minimum absolute atomic E-state index is 0.0409. The third kappa shape index (κ3) is 9.97. The quantitative estimate of drug-likeness (QED) is 0.161. The van der Waals surface area contributed by atoms with E-state index in [1.54, 1.807) is 0 Å². The number of aliphatic hydroxyl groups is 2. The Kier molecular flexibility index (Phi) is 13.5. The van der Waals surface area contributed by atoms with Crippen molar-refractivity contribution in [1.82, 2.24) is 0 Å². The van der Waals surface area contributed by atoms with Crippen molar-refractivity contribution >= 4 is 45.7 Å². The highest BCUT2D eigenvalue weighted by Crippen LogP contribution is 2.23. The largest absolute Gasteiger partial charge is 0.396 e. The molecule has 0 heterocycles. The number of ether oxygens (including phenoxy) is 1. The van der Waals surface area contributed by atoms with Crippen molar-refractivity contribution in [2.75, 3.05) is 44.0 Å². The van der Waals surface area contributed by atoms with Crippen LogP contribution in [-0.4, -0.2) is 72.7 Å². The van der Waals surface area contributed by atoms with Crippen LogP contribution in [0.1, 0.15) is 57.8 Å². The SMILES string of the molecule is COC1C(=O)C(=Nc2ccc(NCCCCCCO)cc2)CC(=Nc2ccc(NCCCCCCO)cc2)C1=O. The maximum atomic E-state index is 12.9. The van der Waals surface area contributed by atoms with Crippen LogP contribution < -0.4 is 10.6 Å². The molecule has 4 N–H and O–H groups in total. The van der Waals surface area contributed by atoms with Crippen molar-refractivity contribution in [2.24, 2.45) is 9.98 Å². The number of hydrogen-bond donors (Lipinski definition) is 4. The number of Topliss-reactive ketones (excluding diaryl/α,β-unsaturated/α-hetero) is 2. The summed E-state index contributed by atoms with van der Waals surface area (Å²) in [6.07, 6.45) is 6.71. The van der Waals surface area contributed by atoms with Crippen LogP contribution >= 0.6 is 0 Å². The molecule has 9 heteroatoms. The second-order valence-corrected chi connectivity index (χ2v) is 9.86. The van der Waals surface area contributed by atoms with E-state index in [1.165, 1.54) is 7.11 Å². The maximum Gasteiger partial charge on any atom is 0.214 e. The molecule has 0 bridgehead atoms. The van der Waals surface area contributed by atoms with Gasteiger partial charge in [-0.2, -0.15) is 0 Å². The monoisotopic (exact) mass is 550 g/mol. The van der Waals surface area contributed by atoms with Crippen LogP contribution in [0.5, 0.6) is 0 Å². The second kappa shape index (κ2) is 17.3. The van der Waals surface area contributed by atoms with Gasteiger partial charge < -0.3 is 25.6 Å². The molecular weight excluding hydrogens is 508 g/mol. The number of nitrogens with zero attached hydrogens (tertiary/aromatic N) is 2. The van der Waals surface area contributed by atoms with Gasteiger partial charge in [0.1, 0.15) is 0 Å². The zero-order valence-corrected chi connectivity index (χ0v) is 23.4. The molecule has 2 aromatic carbocycles. The first-order valence-corrected chi connectivity index (χ1v) is 14.2. The van der Waals surface area contributed by atoms with E-state index >= 15 is 0 Å². The van der Waals surface area contributed by atoms with Gasteiger partial charge in [0.05, 0.1) is 22.8 Å². The van der Waals surface area contributed by atoms with E-state index in [0.29, 0.717) is 11.4 Å². The van der Waals surface area contributed by atoms with Gasteiger partial charge >= 0.3 is 0 Å². The number of hydrogen-bond acceptors (Lipinski definition) is 9. The molecule has 1 aliphatic carbocycles. The van der Waals surface area contributed by atoms with Crippen molar-refractivity contribution in [2.45, 2.75) is 63.9 Å². The highest BCUT2D eigenvalue weighted by molar-refractivity contribution is 6.63. The minimum Gasteiger partial charge on any atom is -0.396 e. The summed E-state index contributed by atoms with van der Waals surface area (Å²) in [5.41, 5.74) is 3.66. The number of methoxy groups -OCH3 is 1. The smallest absolute Gasteiger partial charge is 0.214 e. The summed E-state index contributed by atoms with van der Waals surface area (Å²) in [5, 5.41) is 24.4. The van der Waals surface area contributed by atoms with Crippen molar-refractivity contribution in [3.8, 4) is 0 Å². The zero-order chi connectivity index (χ0) is 28.6. The molecule has 1 aliphatic rings. The maximum absolute atomic E-state index is 12.9. The predicted molar refractivity (Wildman–Crippen MR) is 161 cm³/mol. The first kappa shape index (κ1) is 31.1. The van der Waals surface area contributed by atoms with Gasteiger partial charge in [0.15, 0.2) is 6.10 Å². The Hall–Kier alpha value is -3.40. The summed E-state index contributed by atoms with van der Waals surface area (Å²) in [4.78, 5) is 35.0. The van der Waals surface area contributed by atoms with Crippen LogP contribution in [0.3, 0.4) is 0 Å². The van der Waals surface area contributed by atoms with Crippen molar-refractivity contribution in [3.63, 3.8) is 0 Å². The molecule has 1 saturated carbocycles. The van der Waals surface area contributed by atoms with Gasteiger partial charge in [-0.1, -0.05) is 25.7 Å². The summed E-state index contributed by atoms with van der Waals surface area (Å²) in [6, 6.07) is 15.0. The van der Waals surface area contributed by atoms with Crippen LogP contribution in [0, 0.1) is 0 Å². The molecule has 0 unspecified atom stereocenters. The minimum atomic E-state index is -1.25. The van der Waals surface area contributed by atoms with Gasteiger partial charge in [0.25, 0.3) is 0 Å². The van der Waals surface area contributed by atoms with Gasteiger partial charge in [0.2, 0.25) is 11.6 Å². The number of aliphatic hydroxyl groups excluding tert-OH is 2. The van der Waals surface area contributed by atoms with Gasteiger partial charge in [0, 0.05) is 51.2 Å².